The molecule has 0 aliphatic heterocycles. The van der Waals surface area contributed by atoms with Gasteiger partial charge in [0.15, 0.2) is 0 Å². The molecule has 25 heavy (non-hydrogen) atoms. The Labute approximate surface area is 142 Å². The lowest BCUT2D eigenvalue weighted by Gasteiger charge is -2.11. The molecule has 1 amide bonds. The second-order valence-corrected chi connectivity index (χ2v) is 5.13. The minimum Gasteiger partial charge on any atom is -0.358 e. The number of halogens is 3. The van der Waals surface area contributed by atoms with Crippen molar-refractivity contribution in [2.24, 2.45) is 0 Å². The van der Waals surface area contributed by atoms with E-state index in [2.05, 4.69) is 10.6 Å². The Balaban J connectivity index is 2.14. The first-order valence-corrected chi connectivity index (χ1v) is 7.23. The monoisotopic (exact) mass is 345 g/mol. The van der Waals surface area contributed by atoms with Crippen LogP contribution in [0.1, 0.15) is 12.5 Å². The van der Waals surface area contributed by atoms with Crippen LogP contribution in [0.15, 0.2) is 65.9 Å². The van der Waals surface area contributed by atoms with Crippen LogP contribution in [0.3, 0.4) is 0 Å². The Kier molecular flexibility index (Phi) is 5.45. The zero-order valence-electron chi connectivity index (χ0n) is 13.2. The van der Waals surface area contributed by atoms with Crippen LogP contribution >= 0.6 is 0 Å². The molecule has 0 saturated heterocycles. The van der Waals surface area contributed by atoms with Gasteiger partial charge in [-0.25, -0.2) is 0 Å². The van der Waals surface area contributed by atoms with Crippen LogP contribution in [-0.4, -0.2) is 5.91 Å². The van der Waals surface area contributed by atoms with Crippen molar-refractivity contribution in [3.63, 3.8) is 0 Å². The highest BCUT2D eigenvalue weighted by molar-refractivity contribution is 6.07. The number of hydrogen-bond acceptors (Lipinski definition) is 3. The number of rotatable bonds is 4. The molecule has 0 heterocycles. The number of nitrogens with zero attached hydrogens (tertiary/aromatic N) is 1. The van der Waals surface area contributed by atoms with E-state index in [1.54, 1.807) is 37.3 Å². The summed E-state index contributed by atoms with van der Waals surface area (Å²) >= 11 is 0. The van der Waals surface area contributed by atoms with E-state index in [4.69, 9.17) is 0 Å². The maximum atomic E-state index is 12.5. The summed E-state index contributed by atoms with van der Waals surface area (Å²) in [7, 11) is 0. The first kappa shape index (κ1) is 18.1. The van der Waals surface area contributed by atoms with E-state index in [9.17, 15) is 23.2 Å². The summed E-state index contributed by atoms with van der Waals surface area (Å²) in [4.78, 5) is 12.2. The molecule has 0 spiro atoms. The number of carbonyl (C=O) groups is 1. The summed E-state index contributed by atoms with van der Waals surface area (Å²) in [5.74, 6) is -0.705. The SMILES string of the molecule is C/C(Nc1ccccc1)=C(/C#N)C(=O)Nc1ccc(C(F)(F)F)cc1. The molecular formula is C18H14F3N3O. The van der Waals surface area contributed by atoms with Gasteiger partial charge in [-0.1, -0.05) is 18.2 Å². The Bertz CT molecular complexity index is 819. The van der Waals surface area contributed by atoms with Crippen molar-refractivity contribution < 1.29 is 18.0 Å². The summed E-state index contributed by atoms with van der Waals surface area (Å²) < 4.78 is 37.6. The van der Waals surface area contributed by atoms with Crippen molar-refractivity contribution in [1.82, 2.24) is 0 Å². The number of carbonyl (C=O) groups excluding carboxylic acids is 1. The average Bonchev–Trinajstić information content (AvgIpc) is 2.56. The second kappa shape index (κ2) is 7.53. The fourth-order valence-corrected chi connectivity index (χ4v) is 2.04. The van der Waals surface area contributed by atoms with Gasteiger partial charge in [0.1, 0.15) is 11.6 Å². The normalized spacial score (nSPS) is 12.0. The molecule has 0 bridgehead atoms. The van der Waals surface area contributed by atoms with Crippen LogP contribution in [0, 0.1) is 11.3 Å². The molecule has 0 aromatic heterocycles. The van der Waals surface area contributed by atoms with E-state index in [0.29, 0.717) is 11.4 Å². The molecule has 0 unspecified atom stereocenters. The van der Waals surface area contributed by atoms with Crippen molar-refractivity contribution in [3.8, 4) is 6.07 Å². The number of para-hydroxylation sites is 1. The van der Waals surface area contributed by atoms with Crippen LogP contribution in [-0.2, 0) is 11.0 Å². The number of alkyl halides is 3. The van der Waals surface area contributed by atoms with Gasteiger partial charge in [0.05, 0.1) is 5.56 Å². The number of hydrogen-bond donors (Lipinski definition) is 2. The zero-order chi connectivity index (χ0) is 18.4. The molecule has 0 fully saturated rings. The van der Waals surface area contributed by atoms with Gasteiger partial charge in [-0.3, -0.25) is 4.79 Å². The van der Waals surface area contributed by atoms with Crippen LogP contribution in [0.25, 0.3) is 0 Å². The van der Waals surface area contributed by atoms with Gasteiger partial charge in [0.2, 0.25) is 0 Å². The third-order valence-electron chi connectivity index (χ3n) is 3.29. The molecule has 2 aromatic rings. The van der Waals surface area contributed by atoms with E-state index in [1.165, 1.54) is 0 Å². The van der Waals surface area contributed by atoms with Crippen molar-refractivity contribution >= 4 is 17.3 Å². The lowest BCUT2D eigenvalue weighted by atomic mass is 10.1. The number of allylic oxidation sites excluding steroid dienone is 1. The maximum absolute atomic E-state index is 12.5. The lowest BCUT2D eigenvalue weighted by molar-refractivity contribution is -0.137. The van der Waals surface area contributed by atoms with Gasteiger partial charge >= 0.3 is 6.18 Å². The minimum atomic E-state index is -4.45. The quantitative estimate of drug-likeness (QED) is 0.631. The Morgan fingerprint density at radius 3 is 2.04 bits per heavy atom. The number of anilines is 2. The van der Waals surface area contributed by atoms with E-state index in [1.807, 2.05) is 6.07 Å². The van der Waals surface area contributed by atoms with Crippen LogP contribution in [0.2, 0.25) is 0 Å². The molecule has 2 N–H and O–H groups in total. The Morgan fingerprint density at radius 1 is 0.960 bits per heavy atom. The molecule has 0 saturated carbocycles. The molecular weight excluding hydrogens is 331 g/mol. The fraction of sp³-hybridized carbons (Fsp3) is 0.111. The van der Waals surface area contributed by atoms with Crippen molar-refractivity contribution in [3.05, 3.63) is 71.4 Å². The maximum Gasteiger partial charge on any atom is 0.416 e. The Hall–Kier alpha value is -3.27. The van der Waals surface area contributed by atoms with Gasteiger partial charge in [-0.15, -0.1) is 0 Å². The molecule has 128 valence electrons. The zero-order valence-corrected chi connectivity index (χ0v) is 13.2. The van der Waals surface area contributed by atoms with Gasteiger partial charge in [-0.2, -0.15) is 18.4 Å². The van der Waals surface area contributed by atoms with Crippen LogP contribution < -0.4 is 10.6 Å². The van der Waals surface area contributed by atoms with E-state index < -0.39 is 17.6 Å². The number of benzene rings is 2. The third kappa shape index (κ3) is 4.85. The molecule has 0 aliphatic rings. The molecule has 2 rings (SSSR count). The molecule has 0 radical (unpaired) electrons. The fourth-order valence-electron chi connectivity index (χ4n) is 2.04. The van der Waals surface area contributed by atoms with Gasteiger partial charge < -0.3 is 10.6 Å². The highest BCUT2D eigenvalue weighted by Crippen LogP contribution is 2.29. The summed E-state index contributed by atoms with van der Waals surface area (Å²) in [5, 5.41) is 14.6. The summed E-state index contributed by atoms with van der Waals surface area (Å²) in [6, 6.07) is 14.8. The van der Waals surface area contributed by atoms with Gasteiger partial charge in [-0.05, 0) is 43.3 Å². The molecule has 2 aromatic carbocycles. The number of amides is 1. The summed E-state index contributed by atoms with van der Waals surface area (Å²) in [6.45, 7) is 1.57. The van der Waals surface area contributed by atoms with Crippen molar-refractivity contribution in [1.29, 1.82) is 5.26 Å². The molecule has 0 atom stereocenters. The average molecular weight is 345 g/mol. The second-order valence-electron chi connectivity index (χ2n) is 5.13. The van der Waals surface area contributed by atoms with E-state index in [-0.39, 0.29) is 11.3 Å². The van der Waals surface area contributed by atoms with E-state index >= 15 is 0 Å². The summed E-state index contributed by atoms with van der Waals surface area (Å²) in [5.41, 5.74) is 0.221. The van der Waals surface area contributed by atoms with Crippen molar-refractivity contribution in [2.45, 2.75) is 13.1 Å². The predicted octanol–water partition coefficient (Wildman–Crippen LogP) is 4.55. The molecule has 4 nitrogen and oxygen atoms in total. The van der Waals surface area contributed by atoms with Crippen molar-refractivity contribution in [2.75, 3.05) is 10.6 Å². The standard InChI is InChI=1S/C18H14F3N3O/c1-12(23-14-5-3-2-4-6-14)16(11-22)17(25)24-15-9-7-13(8-10-15)18(19,20)21/h2-10,23H,1H3,(H,24,25)/b16-12+. The van der Waals surface area contributed by atoms with Gasteiger partial charge in [0.25, 0.3) is 5.91 Å². The minimum absolute atomic E-state index is 0.163. The van der Waals surface area contributed by atoms with Crippen LogP contribution in [0.5, 0.6) is 0 Å². The lowest BCUT2D eigenvalue weighted by Crippen LogP contribution is -2.17. The highest BCUT2D eigenvalue weighted by Gasteiger charge is 2.30. The van der Waals surface area contributed by atoms with E-state index in [0.717, 1.165) is 24.3 Å². The van der Waals surface area contributed by atoms with Crippen LogP contribution in [0.4, 0.5) is 24.5 Å². The summed E-state index contributed by atoms with van der Waals surface area (Å²) in [6.07, 6.45) is -4.45. The molecule has 7 heteroatoms. The van der Waals surface area contributed by atoms with Gasteiger partial charge in [0, 0.05) is 17.1 Å². The first-order chi connectivity index (χ1) is 11.8. The molecule has 0 aliphatic carbocycles. The predicted molar refractivity (Wildman–Crippen MR) is 88.5 cm³/mol. The number of nitriles is 1. The smallest absolute Gasteiger partial charge is 0.358 e. The Morgan fingerprint density at radius 2 is 1.52 bits per heavy atom. The third-order valence-corrected chi connectivity index (χ3v) is 3.29. The topological polar surface area (TPSA) is 64.9 Å². The number of nitrogens with one attached hydrogen (secondary N) is 2. The highest BCUT2D eigenvalue weighted by atomic mass is 19.4. The largest absolute Gasteiger partial charge is 0.416 e. The first-order valence-electron chi connectivity index (χ1n) is 7.23.